The maximum Gasteiger partial charge on any atom is 0.341 e. The van der Waals surface area contributed by atoms with Crippen LogP contribution in [0, 0.1) is 5.92 Å². The van der Waals surface area contributed by atoms with Crippen LogP contribution in [-0.4, -0.2) is 30.6 Å². The number of likely N-dealkylation sites (tertiary alicyclic amines) is 1. The van der Waals surface area contributed by atoms with Crippen molar-refractivity contribution in [3.8, 4) is 0 Å². The Hall–Kier alpha value is -0.770. The molecule has 4 heteroatoms. The summed E-state index contributed by atoms with van der Waals surface area (Å²) in [6.07, 6.45) is 4.53. The number of nitrogens with one attached hydrogen (secondary N) is 1. The van der Waals surface area contributed by atoms with E-state index in [1.54, 1.807) is 0 Å². The van der Waals surface area contributed by atoms with Gasteiger partial charge in [0.1, 0.15) is 0 Å². The highest BCUT2D eigenvalue weighted by molar-refractivity contribution is 5.73. The molecule has 1 heterocycles. The van der Waals surface area contributed by atoms with Gasteiger partial charge in [-0.3, -0.25) is 4.84 Å². The Kier molecular flexibility index (Phi) is 4.88. The normalized spacial score (nSPS) is 21.9. The fourth-order valence-electron chi connectivity index (χ4n) is 2.20. The summed E-state index contributed by atoms with van der Waals surface area (Å²) >= 11 is 0. The fraction of sp³-hybridized carbons (Fsp3) is 0.909. The largest absolute Gasteiger partial charge is 0.341 e. The van der Waals surface area contributed by atoms with Crippen LogP contribution >= 0.6 is 0 Å². The van der Waals surface area contributed by atoms with E-state index in [0.29, 0.717) is 12.0 Å². The molecular weight excluding hydrogens is 192 g/mol. The van der Waals surface area contributed by atoms with Gasteiger partial charge >= 0.3 is 6.03 Å². The second-order valence-electron chi connectivity index (χ2n) is 4.58. The van der Waals surface area contributed by atoms with Crippen LogP contribution in [0.15, 0.2) is 0 Å². The van der Waals surface area contributed by atoms with Crippen LogP contribution in [0.25, 0.3) is 0 Å². The average molecular weight is 214 g/mol. The molecule has 1 fully saturated rings. The van der Waals surface area contributed by atoms with Gasteiger partial charge in [-0.05, 0) is 31.6 Å². The first-order valence-electron chi connectivity index (χ1n) is 5.74. The Morgan fingerprint density at radius 1 is 1.53 bits per heavy atom. The van der Waals surface area contributed by atoms with Crippen LogP contribution in [0.3, 0.4) is 0 Å². The summed E-state index contributed by atoms with van der Waals surface area (Å²) in [6.45, 7) is 5.24. The second-order valence-corrected chi connectivity index (χ2v) is 4.58. The Bertz CT molecular complexity index is 207. The van der Waals surface area contributed by atoms with E-state index < -0.39 is 0 Å². The topological polar surface area (TPSA) is 41.6 Å². The zero-order chi connectivity index (χ0) is 11.3. The van der Waals surface area contributed by atoms with Gasteiger partial charge < -0.3 is 4.90 Å². The van der Waals surface area contributed by atoms with E-state index in [9.17, 15) is 4.79 Å². The summed E-state index contributed by atoms with van der Waals surface area (Å²) in [5.41, 5.74) is 2.41. The van der Waals surface area contributed by atoms with Crippen LogP contribution in [0.5, 0.6) is 0 Å². The first kappa shape index (κ1) is 12.3. The van der Waals surface area contributed by atoms with Gasteiger partial charge in [0.2, 0.25) is 0 Å². The van der Waals surface area contributed by atoms with Crippen molar-refractivity contribution in [1.29, 1.82) is 0 Å². The van der Waals surface area contributed by atoms with Gasteiger partial charge in [-0.25, -0.2) is 10.3 Å². The Morgan fingerprint density at radius 2 is 2.27 bits per heavy atom. The van der Waals surface area contributed by atoms with E-state index in [4.69, 9.17) is 0 Å². The Balaban J connectivity index is 2.52. The molecule has 88 valence electrons. The maximum absolute atomic E-state index is 11.7. The minimum atomic E-state index is -0.0946. The minimum Gasteiger partial charge on any atom is -0.320 e. The van der Waals surface area contributed by atoms with Crippen LogP contribution in [-0.2, 0) is 4.84 Å². The van der Waals surface area contributed by atoms with Crippen molar-refractivity contribution >= 4 is 6.03 Å². The van der Waals surface area contributed by atoms with Gasteiger partial charge in [0.15, 0.2) is 0 Å². The van der Waals surface area contributed by atoms with E-state index in [1.807, 2.05) is 4.90 Å². The van der Waals surface area contributed by atoms with Crippen LogP contribution in [0.1, 0.15) is 39.5 Å². The molecule has 15 heavy (non-hydrogen) atoms. The second kappa shape index (κ2) is 5.95. The van der Waals surface area contributed by atoms with Crippen molar-refractivity contribution in [2.75, 3.05) is 13.7 Å². The third-order valence-electron chi connectivity index (χ3n) is 2.82. The number of rotatable bonds is 3. The highest BCUT2D eigenvalue weighted by atomic mass is 16.6. The molecule has 0 spiro atoms. The third kappa shape index (κ3) is 3.70. The number of nitrogens with zero attached hydrogens (tertiary/aromatic N) is 1. The number of carbonyl (C=O) groups is 1. The van der Waals surface area contributed by atoms with Crippen molar-refractivity contribution < 1.29 is 9.63 Å². The number of piperidine rings is 1. The summed E-state index contributed by atoms with van der Waals surface area (Å²) in [5, 5.41) is 0. The number of carbonyl (C=O) groups excluding carboxylic acids is 1. The van der Waals surface area contributed by atoms with Crippen LogP contribution < -0.4 is 5.48 Å². The Morgan fingerprint density at radius 3 is 2.87 bits per heavy atom. The molecule has 1 N–H and O–H groups in total. The molecule has 0 radical (unpaired) electrons. The number of hydroxylamine groups is 1. The van der Waals surface area contributed by atoms with E-state index in [1.165, 1.54) is 13.5 Å². The molecular formula is C11H22N2O2. The highest BCUT2D eigenvalue weighted by Gasteiger charge is 2.26. The molecule has 1 aliphatic rings. The highest BCUT2D eigenvalue weighted by Crippen LogP contribution is 2.22. The average Bonchev–Trinajstić information content (AvgIpc) is 2.18. The lowest BCUT2D eigenvalue weighted by Gasteiger charge is -2.36. The van der Waals surface area contributed by atoms with Crippen molar-refractivity contribution in [3.63, 3.8) is 0 Å². The van der Waals surface area contributed by atoms with Gasteiger partial charge in [-0.15, -0.1) is 0 Å². The first-order valence-corrected chi connectivity index (χ1v) is 5.74. The molecule has 0 aliphatic carbocycles. The molecule has 0 aromatic heterocycles. The summed E-state index contributed by atoms with van der Waals surface area (Å²) in [5.74, 6) is 0.631. The van der Waals surface area contributed by atoms with Gasteiger partial charge in [0, 0.05) is 12.6 Å². The molecule has 2 amide bonds. The lowest BCUT2D eigenvalue weighted by atomic mass is 9.94. The van der Waals surface area contributed by atoms with E-state index in [-0.39, 0.29) is 6.03 Å². The van der Waals surface area contributed by atoms with E-state index in [2.05, 4.69) is 24.2 Å². The van der Waals surface area contributed by atoms with Crippen LogP contribution in [0.2, 0.25) is 0 Å². The predicted molar refractivity (Wildman–Crippen MR) is 59.3 cm³/mol. The van der Waals surface area contributed by atoms with Crippen molar-refractivity contribution in [3.05, 3.63) is 0 Å². The standard InChI is InChI=1S/C11H22N2O2/c1-9(2)8-10-6-4-5-7-13(10)11(14)12-15-3/h9-10H,4-8H2,1-3H3,(H,12,14)/t10-/m0/s1. The van der Waals surface area contributed by atoms with Gasteiger partial charge in [0.05, 0.1) is 7.11 Å². The SMILES string of the molecule is CONC(=O)N1CCCC[C@H]1CC(C)C. The number of urea groups is 1. The zero-order valence-electron chi connectivity index (χ0n) is 9.95. The molecule has 0 bridgehead atoms. The fourth-order valence-corrected chi connectivity index (χ4v) is 2.20. The number of hydrogen-bond donors (Lipinski definition) is 1. The van der Waals surface area contributed by atoms with Crippen molar-refractivity contribution in [2.45, 2.75) is 45.6 Å². The molecule has 0 aromatic rings. The first-order chi connectivity index (χ1) is 7.15. The third-order valence-corrected chi connectivity index (χ3v) is 2.82. The predicted octanol–water partition coefficient (Wildman–Crippen LogP) is 2.16. The van der Waals surface area contributed by atoms with E-state index >= 15 is 0 Å². The van der Waals surface area contributed by atoms with Crippen molar-refractivity contribution in [1.82, 2.24) is 10.4 Å². The molecule has 1 rings (SSSR count). The monoisotopic (exact) mass is 214 g/mol. The molecule has 1 saturated heterocycles. The lowest BCUT2D eigenvalue weighted by molar-refractivity contribution is 0.0668. The number of amides is 2. The summed E-state index contributed by atoms with van der Waals surface area (Å²) < 4.78 is 0. The summed E-state index contributed by atoms with van der Waals surface area (Å²) in [6, 6.07) is 0.289. The molecule has 4 nitrogen and oxygen atoms in total. The summed E-state index contributed by atoms with van der Waals surface area (Å²) in [7, 11) is 1.47. The van der Waals surface area contributed by atoms with Crippen LogP contribution in [0.4, 0.5) is 4.79 Å². The smallest absolute Gasteiger partial charge is 0.320 e. The zero-order valence-corrected chi connectivity index (χ0v) is 9.95. The molecule has 0 unspecified atom stereocenters. The molecule has 1 atom stereocenters. The Labute approximate surface area is 91.9 Å². The van der Waals surface area contributed by atoms with Gasteiger partial charge in [-0.2, -0.15) is 0 Å². The molecule has 0 aromatic carbocycles. The van der Waals surface area contributed by atoms with E-state index in [0.717, 1.165) is 25.8 Å². The van der Waals surface area contributed by atoms with Gasteiger partial charge in [0.25, 0.3) is 0 Å². The van der Waals surface area contributed by atoms with Crippen molar-refractivity contribution in [2.24, 2.45) is 5.92 Å². The lowest BCUT2D eigenvalue weighted by Crippen LogP contribution is -2.48. The summed E-state index contributed by atoms with van der Waals surface area (Å²) in [4.78, 5) is 18.3. The molecule has 0 saturated carbocycles. The molecule has 1 aliphatic heterocycles. The number of hydrogen-bond acceptors (Lipinski definition) is 2. The maximum atomic E-state index is 11.7. The minimum absolute atomic E-state index is 0.0946. The quantitative estimate of drug-likeness (QED) is 0.731. The van der Waals surface area contributed by atoms with Gasteiger partial charge in [-0.1, -0.05) is 13.8 Å².